The molecule has 0 aromatic carbocycles. The predicted molar refractivity (Wildman–Crippen MR) is 82.3 cm³/mol. The summed E-state index contributed by atoms with van der Waals surface area (Å²) < 4.78 is 0. The van der Waals surface area contributed by atoms with Crippen molar-refractivity contribution in [2.45, 2.75) is 25.7 Å². The molecule has 0 radical (unpaired) electrons. The molecule has 2 aromatic rings. The van der Waals surface area contributed by atoms with Gasteiger partial charge in [0.1, 0.15) is 11.5 Å². The van der Waals surface area contributed by atoms with Crippen LogP contribution < -0.4 is 11.1 Å². The third-order valence-corrected chi connectivity index (χ3v) is 3.97. The third kappa shape index (κ3) is 3.36. The zero-order chi connectivity index (χ0) is 16.4. The Bertz CT molecular complexity index is 813. The van der Waals surface area contributed by atoms with E-state index >= 15 is 0 Å². The van der Waals surface area contributed by atoms with Gasteiger partial charge in [0.25, 0.3) is 17.0 Å². The molecule has 1 fully saturated rings. The topological polar surface area (TPSA) is 112 Å². The van der Waals surface area contributed by atoms with Gasteiger partial charge in [-0.05, 0) is 19.8 Å². The minimum atomic E-state index is -0.337. The summed E-state index contributed by atoms with van der Waals surface area (Å²) >= 11 is 0. The highest BCUT2D eigenvalue weighted by molar-refractivity contribution is 5.92. The van der Waals surface area contributed by atoms with Crippen molar-refractivity contribution < 1.29 is 4.79 Å². The molecular weight excluding hydrogens is 298 g/mol. The number of hydrogen-bond donors (Lipinski definition) is 2. The summed E-state index contributed by atoms with van der Waals surface area (Å²) in [5.74, 6) is 0.571. The number of likely N-dealkylation sites (tertiary alicyclic amines) is 1. The van der Waals surface area contributed by atoms with Gasteiger partial charge in [0.2, 0.25) is 0 Å². The van der Waals surface area contributed by atoms with Gasteiger partial charge in [-0.25, -0.2) is 9.97 Å². The molecule has 1 aliphatic heterocycles. The summed E-state index contributed by atoms with van der Waals surface area (Å²) in [6, 6.07) is 1.53. The number of hydrogen-bond acceptors (Lipinski definition) is 5. The molecule has 2 aromatic heterocycles. The number of rotatable bonds is 2. The summed E-state index contributed by atoms with van der Waals surface area (Å²) in [5.41, 5.74) is 0.521. The fourth-order valence-electron chi connectivity index (χ4n) is 2.81. The van der Waals surface area contributed by atoms with Crippen molar-refractivity contribution in [3.8, 4) is 0 Å². The van der Waals surface area contributed by atoms with Gasteiger partial charge < -0.3 is 14.9 Å². The maximum atomic E-state index is 12.3. The molecule has 0 unspecified atom stereocenters. The lowest BCUT2D eigenvalue weighted by Gasteiger charge is -2.31. The Balaban J connectivity index is 1.68. The van der Waals surface area contributed by atoms with Crippen LogP contribution in [0.5, 0.6) is 0 Å². The molecule has 2 N–H and O–H groups in total. The van der Waals surface area contributed by atoms with Crippen molar-refractivity contribution in [3.05, 3.63) is 56.4 Å². The first-order valence-electron chi connectivity index (χ1n) is 7.45. The molecule has 0 bridgehead atoms. The second-order valence-corrected chi connectivity index (χ2v) is 5.62. The Hall–Kier alpha value is -2.77. The summed E-state index contributed by atoms with van der Waals surface area (Å²) in [6.45, 7) is 2.89. The molecule has 0 spiro atoms. The van der Waals surface area contributed by atoms with Crippen LogP contribution in [0.25, 0.3) is 0 Å². The van der Waals surface area contributed by atoms with Crippen molar-refractivity contribution >= 4 is 5.91 Å². The van der Waals surface area contributed by atoms with Gasteiger partial charge in [-0.15, -0.1) is 0 Å². The van der Waals surface area contributed by atoms with Gasteiger partial charge in [-0.2, -0.15) is 0 Å². The Labute approximate surface area is 131 Å². The summed E-state index contributed by atoms with van der Waals surface area (Å²) in [4.78, 5) is 49.9. The fourth-order valence-corrected chi connectivity index (χ4v) is 2.81. The smallest absolute Gasteiger partial charge is 0.273 e. The minimum Gasteiger partial charge on any atom is -0.337 e. The van der Waals surface area contributed by atoms with Gasteiger partial charge in [-0.1, -0.05) is 0 Å². The van der Waals surface area contributed by atoms with E-state index in [-0.39, 0.29) is 28.6 Å². The molecule has 1 saturated heterocycles. The Morgan fingerprint density at radius 3 is 2.61 bits per heavy atom. The van der Waals surface area contributed by atoms with Crippen molar-refractivity contribution in [2.24, 2.45) is 0 Å². The predicted octanol–water partition coefficient (Wildman–Crippen LogP) is 0.181. The summed E-state index contributed by atoms with van der Waals surface area (Å²) in [6.07, 6.45) is 3.91. The quantitative estimate of drug-likeness (QED) is 0.821. The Morgan fingerprint density at radius 1 is 1.26 bits per heavy atom. The second-order valence-electron chi connectivity index (χ2n) is 5.62. The average Bonchev–Trinajstić information content (AvgIpc) is 2.54. The number of nitrogens with one attached hydrogen (secondary N) is 2. The molecule has 120 valence electrons. The number of carbonyl (C=O) groups is 1. The van der Waals surface area contributed by atoms with E-state index in [1.807, 2.05) is 0 Å². The first-order chi connectivity index (χ1) is 11.0. The molecule has 3 heterocycles. The molecule has 0 saturated carbocycles. The SMILES string of the molecule is Cc1nc(C2CCN(C(=O)c3c[nH]c(=O)cn3)CC2)cc(=O)[nH]1. The fraction of sp³-hybridized carbons (Fsp3) is 0.400. The molecule has 23 heavy (non-hydrogen) atoms. The number of aryl methyl sites for hydroxylation is 1. The van der Waals surface area contributed by atoms with Gasteiger partial charge in [0.05, 0.1) is 11.9 Å². The van der Waals surface area contributed by atoms with Crippen LogP contribution >= 0.6 is 0 Å². The minimum absolute atomic E-state index is 0.150. The molecule has 0 atom stereocenters. The van der Waals surface area contributed by atoms with E-state index in [0.717, 1.165) is 24.7 Å². The zero-order valence-corrected chi connectivity index (χ0v) is 12.7. The summed E-state index contributed by atoms with van der Waals surface area (Å²) in [7, 11) is 0. The first kappa shape index (κ1) is 15.1. The average molecular weight is 315 g/mol. The van der Waals surface area contributed by atoms with Gasteiger partial charge in [-0.3, -0.25) is 14.4 Å². The number of amides is 1. The second kappa shape index (κ2) is 6.15. The van der Waals surface area contributed by atoms with Crippen molar-refractivity contribution in [1.82, 2.24) is 24.8 Å². The standard InChI is InChI=1S/C15H17N5O3/c1-9-18-11(6-13(21)19-9)10-2-4-20(5-3-10)15(23)12-7-17-14(22)8-16-12/h6-8,10H,2-5H2,1H3,(H,17,22)(H,18,19,21). The Kier molecular flexibility index (Phi) is 4.05. The summed E-state index contributed by atoms with van der Waals surface area (Å²) in [5, 5.41) is 0. The monoisotopic (exact) mass is 315 g/mol. The normalized spacial score (nSPS) is 15.6. The molecule has 0 aliphatic carbocycles. The van der Waals surface area contributed by atoms with E-state index in [9.17, 15) is 14.4 Å². The number of piperidine rings is 1. The lowest BCUT2D eigenvalue weighted by Crippen LogP contribution is -2.39. The molecule has 8 nitrogen and oxygen atoms in total. The van der Waals surface area contributed by atoms with E-state index in [0.29, 0.717) is 18.9 Å². The lowest BCUT2D eigenvalue weighted by molar-refractivity contribution is 0.0705. The van der Waals surface area contributed by atoms with E-state index in [4.69, 9.17) is 0 Å². The van der Waals surface area contributed by atoms with E-state index < -0.39 is 0 Å². The number of carbonyl (C=O) groups excluding carboxylic acids is 1. The molecular formula is C15H17N5O3. The third-order valence-electron chi connectivity index (χ3n) is 3.97. The Morgan fingerprint density at radius 2 is 2.00 bits per heavy atom. The van der Waals surface area contributed by atoms with Crippen LogP contribution in [0, 0.1) is 6.92 Å². The molecule has 3 rings (SSSR count). The maximum absolute atomic E-state index is 12.3. The van der Waals surface area contributed by atoms with Gasteiger partial charge in [0, 0.05) is 31.3 Å². The number of aromatic nitrogens is 4. The van der Waals surface area contributed by atoms with Crippen LogP contribution in [-0.4, -0.2) is 43.8 Å². The molecule has 8 heteroatoms. The highest BCUT2D eigenvalue weighted by Crippen LogP contribution is 2.26. The van der Waals surface area contributed by atoms with Crippen LogP contribution in [0.3, 0.4) is 0 Å². The molecule has 1 aliphatic rings. The van der Waals surface area contributed by atoms with Crippen molar-refractivity contribution in [1.29, 1.82) is 0 Å². The van der Waals surface area contributed by atoms with Crippen LogP contribution in [0.2, 0.25) is 0 Å². The maximum Gasteiger partial charge on any atom is 0.273 e. The van der Waals surface area contributed by atoms with Crippen molar-refractivity contribution in [2.75, 3.05) is 13.1 Å². The van der Waals surface area contributed by atoms with E-state index in [1.165, 1.54) is 12.3 Å². The number of H-pyrrole nitrogens is 2. The van der Waals surface area contributed by atoms with Crippen molar-refractivity contribution in [3.63, 3.8) is 0 Å². The largest absolute Gasteiger partial charge is 0.337 e. The lowest BCUT2D eigenvalue weighted by atomic mass is 9.93. The number of aromatic amines is 2. The van der Waals surface area contributed by atoms with Crippen LogP contribution in [0.15, 0.2) is 28.0 Å². The molecule has 1 amide bonds. The van der Waals surface area contributed by atoms with Gasteiger partial charge >= 0.3 is 0 Å². The van der Waals surface area contributed by atoms with Crippen LogP contribution in [0.1, 0.15) is 40.8 Å². The zero-order valence-electron chi connectivity index (χ0n) is 12.7. The highest BCUT2D eigenvalue weighted by atomic mass is 16.2. The van der Waals surface area contributed by atoms with Crippen LogP contribution in [-0.2, 0) is 0 Å². The highest BCUT2D eigenvalue weighted by Gasteiger charge is 2.26. The van der Waals surface area contributed by atoms with Crippen LogP contribution in [0.4, 0.5) is 0 Å². The van der Waals surface area contributed by atoms with Gasteiger partial charge in [0.15, 0.2) is 0 Å². The van der Waals surface area contributed by atoms with E-state index in [2.05, 4.69) is 19.9 Å². The number of nitrogens with zero attached hydrogens (tertiary/aromatic N) is 3. The first-order valence-corrected chi connectivity index (χ1v) is 7.45. The van der Waals surface area contributed by atoms with E-state index in [1.54, 1.807) is 11.8 Å².